The Kier molecular flexibility index (Phi) is 4.87. The number of halogens is 1. The predicted molar refractivity (Wildman–Crippen MR) is 93.3 cm³/mol. The van der Waals surface area contributed by atoms with Crippen molar-refractivity contribution in [2.45, 2.75) is 31.7 Å². The quantitative estimate of drug-likeness (QED) is 0.885. The summed E-state index contributed by atoms with van der Waals surface area (Å²) in [6, 6.07) is 16.4. The lowest BCUT2D eigenvalue weighted by Gasteiger charge is -2.26. The second-order valence-electron chi connectivity index (χ2n) is 6.02. The van der Waals surface area contributed by atoms with Gasteiger partial charge in [0.15, 0.2) is 0 Å². The molecule has 0 aliphatic carbocycles. The number of aliphatic carboxylic acids is 1. The Morgan fingerprint density at radius 1 is 1.17 bits per heavy atom. The maximum Gasteiger partial charge on any atom is 0.305 e. The van der Waals surface area contributed by atoms with Gasteiger partial charge in [-0.15, -0.1) is 0 Å². The van der Waals surface area contributed by atoms with E-state index in [2.05, 4.69) is 29.2 Å². The van der Waals surface area contributed by atoms with Crippen LogP contribution in [0.5, 0.6) is 0 Å². The molecular formula is C19H20ClNO2. The molecule has 0 radical (unpaired) electrons. The molecule has 3 rings (SSSR count). The van der Waals surface area contributed by atoms with E-state index in [-0.39, 0.29) is 12.5 Å². The van der Waals surface area contributed by atoms with Crippen molar-refractivity contribution in [3.05, 3.63) is 64.7 Å². The van der Waals surface area contributed by atoms with Gasteiger partial charge in [-0.05, 0) is 48.6 Å². The minimum absolute atomic E-state index is 0.113. The van der Waals surface area contributed by atoms with Gasteiger partial charge in [0.05, 0.1) is 6.42 Å². The van der Waals surface area contributed by atoms with E-state index in [1.54, 1.807) is 0 Å². The first-order valence-corrected chi connectivity index (χ1v) is 8.32. The molecule has 1 unspecified atom stereocenters. The summed E-state index contributed by atoms with van der Waals surface area (Å²) in [6.07, 6.45) is 3.02. The molecule has 1 N–H and O–H groups in total. The second kappa shape index (κ2) is 7.05. The van der Waals surface area contributed by atoms with Gasteiger partial charge in [0.1, 0.15) is 0 Å². The topological polar surface area (TPSA) is 40.5 Å². The third-order valence-corrected chi connectivity index (χ3v) is 4.78. The van der Waals surface area contributed by atoms with Gasteiger partial charge in [-0.25, -0.2) is 0 Å². The van der Waals surface area contributed by atoms with Crippen molar-refractivity contribution >= 4 is 23.3 Å². The van der Waals surface area contributed by atoms with Crippen molar-refractivity contribution in [3.63, 3.8) is 0 Å². The fourth-order valence-corrected chi connectivity index (χ4v) is 3.46. The average molecular weight is 330 g/mol. The van der Waals surface area contributed by atoms with Crippen molar-refractivity contribution in [1.29, 1.82) is 0 Å². The first-order valence-electron chi connectivity index (χ1n) is 7.94. The Bertz CT molecular complexity index is 684. The Morgan fingerprint density at radius 3 is 2.61 bits per heavy atom. The molecule has 120 valence electrons. The number of anilines is 1. The number of nitrogens with zero attached hydrogens (tertiary/aromatic N) is 1. The third kappa shape index (κ3) is 3.85. The summed E-state index contributed by atoms with van der Waals surface area (Å²) >= 11 is 6.21. The molecule has 1 heterocycles. The van der Waals surface area contributed by atoms with Gasteiger partial charge in [0.25, 0.3) is 0 Å². The average Bonchev–Trinajstić information content (AvgIpc) is 2.98. The molecule has 0 spiro atoms. The highest BCUT2D eigenvalue weighted by molar-refractivity contribution is 6.31. The van der Waals surface area contributed by atoms with Crippen molar-refractivity contribution in [2.24, 2.45) is 0 Å². The van der Waals surface area contributed by atoms with Crippen LogP contribution in [0.15, 0.2) is 48.5 Å². The summed E-state index contributed by atoms with van der Waals surface area (Å²) in [4.78, 5) is 13.2. The predicted octanol–water partition coefficient (Wildman–Crippen LogP) is 4.37. The third-order valence-electron chi connectivity index (χ3n) is 4.41. The zero-order valence-corrected chi connectivity index (χ0v) is 13.7. The number of carbonyl (C=O) groups is 1. The van der Waals surface area contributed by atoms with E-state index >= 15 is 0 Å². The minimum Gasteiger partial charge on any atom is -0.481 e. The maximum absolute atomic E-state index is 11.0. The number of hydrogen-bond donors (Lipinski definition) is 1. The van der Waals surface area contributed by atoms with Crippen LogP contribution >= 0.6 is 11.6 Å². The van der Waals surface area contributed by atoms with Crippen LogP contribution in [0.2, 0.25) is 5.02 Å². The summed E-state index contributed by atoms with van der Waals surface area (Å²) in [7, 11) is 0. The van der Waals surface area contributed by atoms with Crippen molar-refractivity contribution < 1.29 is 9.90 Å². The molecule has 1 fully saturated rings. The SMILES string of the molecule is O=C(O)CC1CCCN1c1ccc(Cc2ccccc2Cl)cc1. The molecule has 3 nitrogen and oxygen atoms in total. The molecule has 1 atom stereocenters. The molecule has 4 heteroatoms. The Labute approximate surface area is 141 Å². The summed E-state index contributed by atoms with van der Waals surface area (Å²) in [5.74, 6) is -0.725. The monoisotopic (exact) mass is 329 g/mol. The molecule has 23 heavy (non-hydrogen) atoms. The number of carboxylic acid groups (broad SMARTS) is 1. The first kappa shape index (κ1) is 15.9. The van der Waals surface area contributed by atoms with E-state index in [4.69, 9.17) is 16.7 Å². The van der Waals surface area contributed by atoms with Crippen molar-refractivity contribution in [2.75, 3.05) is 11.4 Å². The van der Waals surface area contributed by atoms with E-state index in [9.17, 15) is 4.79 Å². The van der Waals surface area contributed by atoms with Crippen LogP contribution in [0.4, 0.5) is 5.69 Å². The Hall–Kier alpha value is -2.00. The molecule has 0 bridgehead atoms. The van der Waals surface area contributed by atoms with E-state index in [1.165, 1.54) is 5.56 Å². The molecule has 0 aromatic heterocycles. The molecule has 0 saturated carbocycles. The zero-order chi connectivity index (χ0) is 16.2. The summed E-state index contributed by atoms with van der Waals surface area (Å²) in [5, 5.41) is 9.82. The van der Waals surface area contributed by atoms with Gasteiger partial charge < -0.3 is 10.0 Å². The normalized spacial score (nSPS) is 17.4. The van der Waals surface area contributed by atoms with Crippen molar-refractivity contribution in [3.8, 4) is 0 Å². The van der Waals surface area contributed by atoms with Crippen LogP contribution in [-0.2, 0) is 11.2 Å². The van der Waals surface area contributed by atoms with E-state index in [0.29, 0.717) is 0 Å². The molecule has 1 saturated heterocycles. The zero-order valence-electron chi connectivity index (χ0n) is 12.9. The van der Waals surface area contributed by atoms with Crippen LogP contribution in [-0.4, -0.2) is 23.7 Å². The molecule has 1 aliphatic rings. The lowest BCUT2D eigenvalue weighted by atomic mass is 10.0. The lowest BCUT2D eigenvalue weighted by Crippen LogP contribution is -2.31. The standard InChI is InChI=1S/C19H20ClNO2/c20-18-6-2-1-4-15(18)12-14-7-9-16(10-8-14)21-11-3-5-17(21)13-19(22)23/h1-2,4,6-10,17H,3,5,11-13H2,(H,22,23). The van der Waals surface area contributed by atoms with Crippen LogP contribution in [0.25, 0.3) is 0 Å². The van der Waals surface area contributed by atoms with Crippen molar-refractivity contribution in [1.82, 2.24) is 0 Å². The van der Waals surface area contributed by atoms with Crippen LogP contribution in [0.3, 0.4) is 0 Å². The maximum atomic E-state index is 11.0. The van der Waals surface area contributed by atoms with Crippen LogP contribution in [0, 0.1) is 0 Å². The lowest BCUT2D eigenvalue weighted by molar-refractivity contribution is -0.137. The number of rotatable bonds is 5. The Morgan fingerprint density at radius 2 is 1.91 bits per heavy atom. The van der Waals surface area contributed by atoms with E-state index < -0.39 is 5.97 Å². The van der Waals surface area contributed by atoms with Gasteiger partial charge in [-0.2, -0.15) is 0 Å². The summed E-state index contributed by atoms with van der Waals surface area (Å²) in [6.45, 7) is 0.932. The van der Waals surface area contributed by atoms with Gasteiger partial charge in [-0.1, -0.05) is 41.9 Å². The summed E-state index contributed by atoms with van der Waals surface area (Å²) in [5.41, 5.74) is 3.43. The molecular weight excluding hydrogens is 310 g/mol. The largest absolute Gasteiger partial charge is 0.481 e. The van der Waals surface area contributed by atoms with Crippen LogP contribution in [0.1, 0.15) is 30.4 Å². The molecule has 0 amide bonds. The fraction of sp³-hybridized carbons (Fsp3) is 0.316. The highest BCUT2D eigenvalue weighted by Crippen LogP contribution is 2.28. The smallest absolute Gasteiger partial charge is 0.305 e. The number of carboxylic acids is 1. The molecule has 2 aromatic rings. The second-order valence-corrected chi connectivity index (χ2v) is 6.43. The molecule has 1 aliphatic heterocycles. The highest BCUT2D eigenvalue weighted by Gasteiger charge is 2.26. The fourth-order valence-electron chi connectivity index (χ4n) is 3.26. The van der Waals surface area contributed by atoms with Crippen LogP contribution < -0.4 is 4.90 Å². The van der Waals surface area contributed by atoms with Gasteiger partial charge >= 0.3 is 5.97 Å². The minimum atomic E-state index is -0.725. The first-order chi connectivity index (χ1) is 11.1. The van der Waals surface area contributed by atoms with Gasteiger partial charge in [0, 0.05) is 23.3 Å². The molecule has 2 aromatic carbocycles. The number of hydrogen-bond acceptors (Lipinski definition) is 2. The Balaban J connectivity index is 1.72. The van der Waals surface area contributed by atoms with E-state index in [0.717, 1.165) is 42.1 Å². The van der Waals surface area contributed by atoms with E-state index in [1.807, 2.05) is 24.3 Å². The summed E-state index contributed by atoms with van der Waals surface area (Å²) < 4.78 is 0. The number of benzene rings is 2. The van der Waals surface area contributed by atoms with Gasteiger partial charge in [0.2, 0.25) is 0 Å². The van der Waals surface area contributed by atoms with Gasteiger partial charge in [-0.3, -0.25) is 4.79 Å². The highest BCUT2D eigenvalue weighted by atomic mass is 35.5.